The third-order valence-corrected chi connectivity index (χ3v) is 6.01. The topological polar surface area (TPSA) is 97.4 Å². The zero-order chi connectivity index (χ0) is 15.8. The second kappa shape index (κ2) is 5.19. The van der Waals surface area contributed by atoms with Gasteiger partial charge < -0.3 is 5.73 Å². The molecule has 0 saturated heterocycles. The van der Waals surface area contributed by atoms with Crippen LogP contribution in [0.15, 0.2) is 22.9 Å². The van der Waals surface area contributed by atoms with Crippen LogP contribution in [-0.4, -0.2) is 0 Å². The number of nitrogens with zero attached hydrogens (tertiary/aromatic N) is 3. The van der Waals surface area contributed by atoms with Gasteiger partial charge in [0.1, 0.15) is 6.07 Å². The zero-order valence-corrected chi connectivity index (χ0v) is 12.7. The highest BCUT2D eigenvalue weighted by Gasteiger charge is 2.63. The Kier molecular flexibility index (Phi) is 3.46. The first kappa shape index (κ1) is 14.7. The summed E-state index contributed by atoms with van der Waals surface area (Å²) in [6.07, 6.45) is 10.0. The van der Waals surface area contributed by atoms with Gasteiger partial charge in [0.25, 0.3) is 0 Å². The van der Waals surface area contributed by atoms with Crippen LogP contribution in [0.2, 0.25) is 0 Å². The number of rotatable bonds is 0. The van der Waals surface area contributed by atoms with E-state index in [9.17, 15) is 15.8 Å². The van der Waals surface area contributed by atoms with Crippen LogP contribution in [0.1, 0.15) is 51.4 Å². The van der Waals surface area contributed by atoms with E-state index >= 15 is 0 Å². The van der Waals surface area contributed by atoms with Crippen molar-refractivity contribution < 1.29 is 0 Å². The van der Waals surface area contributed by atoms with E-state index in [0.717, 1.165) is 56.9 Å². The third-order valence-electron chi connectivity index (χ3n) is 6.01. The van der Waals surface area contributed by atoms with E-state index in [2.05, 4.69) is 24.3 Å². The molecule has 0 aromatic heterocycles. The number of hydrogen-bond donors (Lipinski definition) is 1. The number of hydrogen-bond acceptors (Lipinski definition) is 4. The monoisotopic (exact) mass is 292 g/mol. The summed E-state index contributed by atoms with van der Waals surface area (Å²) in [7, 11) is 0. The molecule has 1 atom stereocenters. The Bertz CT molecular complexity index is 657. The van der Waals surface area contributed by atoms with Gasteiger partial charge in [-0.15, -0.1) is 0 Å². The van der Waals surface area contributed by atoms with Gasteiger partial charge in [0.15, 0.2) is 5.41 Å². The molecule has 0 radical (unpaired) electrons. The van der Waals surface area contributed by atoms with Crippen LogP contribution < -0.4 is 5.73 Å². The van der Waals surface area contributed by atoms with Gasteiger partial charge in [0.2, 0.25) is 0 Å². The minimum absolute atomic E-state index is 0.128. The van der Waals surface area contributed by atoms with E-state index in [4.69, 9.17) is 5.73 Å². The van der Waals surface area contributed by atoms with Crippen molar-refractivity contribution >= 4 is 0 Å². The zero-order valence-electron chi connectivity index (χ0n) is 12.7. The molecule has 4 heteroatoms. The van der Waals surface area contributed by atoms with Gasteiger partial charge in [0, 0.05) is 5.41 Å². The van der Waals surface area contributed by atoms with Gasteiger partial charge in [-0.2, -0.15) is 15.8 Å². The summed E-state index contributed by atoms with van der Waals surface area (Å²) in [5.41, 5.74) is 6.11. The van der Waals surface area contributed by atoms with Crippen molar-refractivity contribution in [1.82, 2.24) is 0 Å². The summed E-state index contributed by atoms with van der Waals surface area (Å²) in [4.78, 5) is 0. The maximum Gasteiger partial charge on any atom is 0.190 e. The Morgan fingerprint density at radius 1 is 1.05 bits per heavy atom. The second-order valence-corrected chi connectivity index (χ2v) is 6.73. The molecule has 1 spiro atoms. The van der Waals surface area contributed by atoms with Crippen LogP contribution in [0.4, 0.5) is 0 Å². The predicted octanol–water partition coefficient (Wildman–Crippen LogP) is 3.45. The summed E-state index contributed by atoms with van der Waals surface area (Å²) >= 11 is 0. The SMILES string of the molecule is N#CC1=C(N)C(C#N)(C#N)C2(CCCCC2)[C@@H]2CCCC=C12. The molecular weight excluding hydrogens is 272 g/mol. The first-order chi connectivity index (χ1) is 10.7. The lowest BCUT2D eigenvalue weighted by Crippen LogP contribution is -2.54. The maximum absolute atomic E-state index is 9.92. The molecule has 0 amide bonds. The predicted molar refractivity (Wildman–Crippen MR) is 81.4 cm³/mol. The van der Waals surface area contributed by atoms with Gasteiger partial charge in [-0.1, -0.05) is 25.3 Å². The van der Waals surface area contributed by atoms with Crippen molar-refractivity contribution in [3.05, 3.63) is 22.9 Å². The van der Waals surface area contributed by atoms with Gasteiger partial charge in [-0.05, 0) is 43.6 Å². The maximum atomic E-state index is 9.92. The van der Waals surface area contributed by atoms with Gasteiger partial charge in [-0.25, -0.2) is 0 Å². The Morgan fingerprint density at radius 2 is 1.73 bits per heavy atom. The summed E-state index contributed by atoms with van der Waals surface area (Å²) in [6.45, 7) is 0. The van der Waals surface area contributed by atoms with Crippen LogP contribution in [0.5, 0.6) is 0 Å². The molecule has 1 saturated carbocycles. The normalized spacial score (nSPS) is 28.8. The number of fused-ring (bicyclic) bond motifs is 2. The number of nitriles is 3. The van der Waals surface area contributed by atoms with Gasteiger partial charge in [-0.3, -0.25) is 0 Å². The minimum atomic E-state index is -1.35. The molecule has 0 aromatic rings. The standard InChI is InChI=1S/C18H20N4/c19-10-14-13-6-2-3-7-15(13)17(8-4-1-5-9-17)18(11-20,12-21)16(14)22/h6,15H,1-5,7-9,22H2/t15-/m1/s1. The number of nitrogens with two attached hydrogens (primary N) is 1. The smallest absolute Gasteiger partial charge is 0.190 e. The van der Waals surface area contributed by atoms with E-state index in [1.54, 1.807) is 0 Å². The fourth-order valence-corrected chi connectivity index (χ4v) is 5.00. The van der Waals surface area contributed by atoms with Crippen molar-refractivity contribution in [2.45, 2.75) is 51.4 Å². The lowest BCUT2D eigenvalue weighted by atomic mass is 9.45. The largest absolute Gasteiger partial charge is 0.399 e. The fourth-order valence-electron chi connectivity index (χ4n) is 5.00. The van der Waals surface area contributed by atoms with Crippen molar-refractivity contribution in [2.24, 2.45) is 22.5 Å². The molecule has 0 aromatic carbocycles. The first-order valence-corrected chi connectivity index (χ1v) is 8.10. The molecule has 4 nitrogen and oxygen atoms in total. The molecule has 3 aliphatic carbocycles. The summed E-state index contributed by atoms with van der Waals surface area (Å²) in [5, 5.41) is 29.4. The van der Waals surface area contributed by atoms with Crippen LogP contribution in [0.25, 0.3) is 0 Å². The summed E-state index contributed by atoms with van der Waals surface area (Å²) in [5.74, 6) is 0.128. The Morgan fingerprint density at radius 3 is 2.32 bits per heavy atom. The average Bonchev–Trinajstić information content (AvgIpc) is 2.58. The van der Waals surface area contributed by atoms with Crippen LogP contribution in [0, 0.1) is 50.7 Å². The Hall–Kier alpha value is -2.25. The van der Waals surface area contributed by atoms with Crippen molar-refractivity contribution in [3.63, 3.8) is 0 Å². The average molecular weight is 292 g/mol. The van der Waals surface area contributed by atoms with E-state index in [1.165, 1.54) is 0 Å². The minimum Gasteiger partial charge on any atom is -0.399 e. The molecule has 0 bridgehead atoms. The highest BCUT2D eigenvalue weighted by Crippen LogP contribution is 2.64. The Labute approximate surface area is 131 Å². The molecule has 3 rings (SSSR count). The molecular formula is C18H20N4. The first-order valence-electron chi connectivity index (χ1n) is 8.10. The highest BCUT2D eigenvalue weighted by molar-refractivity contribution is 5.58. The van der Waals surface area contributed by atoms with Gasteiger partial charge in [0.05, 0.1) is 23.4 Å². The molecule has 0 heterocycles. The molecule has 0 unspecified atom stereocenters. The van der Waals surface area contributed by atoms with E-state index in [-0.39, 0.29) is 11.6 Å². The summed E-state index contributed by atoms with van der Waals surface area (Å²) < 4.78 is 0. The van der Waals surface area contributed by atoms with E-state index in [0.29, 0.717) is 5.57 Å². The molecule has 1 fully saturated rings. The molecule has 3 aliphatic rings. The van der Waals surface area contributed by atoms with Crippen molar-refractivity contribution in [2.75, 3.05) is 0 Å². The molecule has 112 valence electrons. The highest BCUT2D eigenvalue weighted by atomic mass is 14.7. The second-order valence-electron chi connectivity index (χ2n) is 6.73. The van der Waals surface area contributed by atoms with Crippen LogP contribution in [-0.2, 0) is 0 Å². The lowest BCUT2D eigenvalue weighted by Gasteiger charge is -2.55. The molecule has 22 heavy (non-hydrogen) atoms. The van der Waals surface area contributed by atoms with E-state index < -0.39 is 10.8 Å². The van der Waals surface area contributed by atoms with E-state index in [1.807, 2.05) is 0 Å². The van der Waals surface area contributed by atoms with Crippen molar-refractivity contribution in [1.29, 1.82) is 15.8 Å². The third kappa shape index (κ3) is 1.60. The molecule has 2 N–H and O–H groups in total. The molecule has 0 aliphatic heterocycles. The summed E-state index contributed by atoms with van der Waals surface area (Å²) in [6, 6.07) is 6.69. The van der Waals surface area contributed by atoms with Crippen LogP contribution in [0.3, 0.4) is 0 Å². The number of allylic oxidation sites excluding steroid dienone is 4. The van der Waals surface area contributed by atoms with Crippen LogP contribution >= 0.6 is 0 Å². The Balaban J connectivity index is 2.33. The van der Waals surface area contributed by atoms with Gasteiger partial charge >= 0.3 is 0 Å². The fraction of sp³-hybridized carbons (Fsp3) is 0.611. The lowest BCUT2D eigenvalue weighted by molar-refractivity contribution is 0.0321. The quantitative estimate of drug-likeness (QED) is 0.739. The van der Waals surface area contributed by atoms with Crippen molar-refractivity contribution in [3.8, 4) is 18.2 Å².